The molecule has 1 aromatic rings. The number of pyridine rings is 1. The second-order valence-corrected chi connectivity index (χ2v) is 9.79. The Morgan fingerprint density at radius 2 is 1.59 bits per heavy atom. The summed E-state index contributed by atoms with van der Waals surface area (Å²) in [7, 11) is 2.08. The van der Waals surface area contributed by atoms with Gasteiger partial charge in [-0.05, 0) is 75.9 Å². The van der Waals surface area contributed by atoms with Gasteiger partial charge in [0.1, 0.15) is 0 Å². The number of carbonyl (C=O) groups excluding carboxylic acids is 1. The predicted molar refractivity (Wildman–Crippen MR) is 136 cm³/mol. The van der Waals surface area contributed by atoms with Gasteiger partial charge in [-0.15, -0.1) is 24.8 Å². The van der Waals surface area contributed by atoms with Crippen molar-refractivity contribution in [2.24, 2.45) is 5.92 Å². The summed E-state index contributed by atoms with van der Waals surface area (Å²) in [5.74, 6) is 0.628. The number of halogens is 2. The molecule has 182 valence electrons. The lowest BCUT2D eigenvalue weighted by atomic mass is 9.92. The number of nitrogens with zero attached hydrogens (tertiary/aromatic N) is 4. The van der Waals surface area contributed by atoms with E-state index in [9.17, 15) is 4.79 Å². The summed E-state index contributed by atoms with van der Waals surface area (Å²) in [5.41, 5.74) is 1.36. The molecule has 0 radical (unpaired) electrons. The van der Waals surface area contributed by atoms with Gasteiger partial charge in [0.15, 0.2) is 0 Å². The fourth-order valence-corrected chi connectivity index (χ4v) is 5.84. The summed E-state index contributed by atoms with van der Waals surface area (Å²) in [5, 5.41) is 0. The van der Waals surface area contributed by atoms with Crippen LogP contribution in [0.3, 0.4) is 0 Å². The van der Waals surface area contributed by atoms with Gasteiger partial charge in [0.05, 0.1) is 5.92 Å². The number of likely N-dealkylation sites (tertiary alicyclic amines) is 2. The van der Waals surface area contributed by atoms with E-state index < -0.39 is 0 Å². The Morgan fingerprint density at radius 3 is 2.25 bits per heavy atom. The highest BCUT2D eigenvalue weighted by atomic mass is 35.5. The Kier molecular flexibility index (Phi) is 11.7. The van der Waals surface area contributed by atoms with Crippen LogP contribution in [0.2, 0.25) is 0 Å². The number of hydrogen-bond acceptors (Lipinski definition) is 4. The zero-order valence-corrected chi connectivity index (χ0v) is 21.3. The van der Waals surface area contributed by atoms with Crippen molar-refractivity contribution in [2.75, 3.05) is 33.2 Å². The summed E-state index contributed by atoms with van der Waals surface area (Å²) < 4.78 is 0. The average Bonchev–Trinajstić information content (AvgIpc) is 3.09. The number of aromatic nitrogens is 1. The Labute approximate surface area is 207 Å². The van der Waals surface area contributed by atoms with Crippen LogP contribution in [0.15, 0.2) is 24.5 Å². The minimum absolute atomic E-state index is 0. The van der Waals surface area contributed by atoms with Crippen molar-refractivity contribution in [3.8, 4) is 0 Å². The summed E-state index contributed by atoms with van der Waals surface area (Å²) in [6, 6.07) is 5.37. The van der Waals surface area contributed by atoms with Crippen molar-refractivity contribution in [3.05, 3.63) is 30.1 Å². The minimum atomic E-state index is 0. The molecular weight excluding hydrogens is 443 g/mol. The van der Waals surface area contributed by atoms with E-state index in [1.165, 1.54) is 69.9 Å². The number of rotatable bonds is 5. The van der Waals surface area contributed by atoms with Crippen molar-refractivity contribution in [2.45, 2.75) is 82.8 Å². The number of hydrogen-bond donors (Lipinski definition) is 0. The van der Waals surface area contributed by atoms with Crippen molar-refractivity contribution in [3.63, 3.8) is 0 Å². The van der Waals surface area contributed by atoms with Gasteiger partial charge < -0.3 is 4.90 Å². The standard InChI is InChI=1S/C25H40N4O.2ClH/c1-27(23-8-4-2-3-5-9-23)25(30)22-7-6-16-29(20-22)24-12-17-28(18-13-24)19-21-10-14-26-15-11-21;;/h10-11,14-15,22-24H,2-9,12-13,16-20H2,1H3;2*1H. The maximum Gasteiger partial charge on any atom is 0.226 e. The van der Waals surface area contributed by atoms with Crippen molar-refractivity contribution in [1.29, 1.82) is 0 Å². The maximum atomic E-state index is 13.3. The second kappa shape index (κ2) is 13.7. The van der Waals surface area contributed by atoms with E-state index in [2.05, 4.69) is 38.9 Å². The number of amides is 1. The molecule has 1 saturated carbocycles. The van der Waals surface area contributed by atoms with Gasteiger partial charge in [-0.3, -0.25) is 19.6 Å². The smallest absolute Gasteiger partial charge is 0.226 e. The zero-order valence-electron chi connectivity index (χ0n) is 19.7. The molecule has 3 fully saturated rings. The fourth-order valence-electron chi connectivity index (χ4n) is 5.84. The molecule has 3 aliphatic rings. The SMILES string of the molecule is CN(C(=O)C1CCCN(C2CCN(Cc3ccncc3)CC2)C1)C1CCCCCC1.Cl.Cl. The first-order chi connectivity index (χ1) is 14.7. The van der Waals surface area contributed by atoms with Crippen LogP contribution in [0, 0.1) is 5.92 Å². The third-order valence-corrected chi connectivity index (χ3v) is 7.75. The quantitative estimate of drug-likeness (QED) is 0.563. The summed E-state index contributed by atoms with van der Waals surface area (Å²) in [6.45, 7) is 5.49. The molecule has 3 heterocycles. The fraction of sp³-hybridized carbons (Fsp3) is 0.760. The van der Waals surface area contributed by atoms with Gasteiger partial charge in [-0.2, -0.15) is 0 Å². The van der Waals surface area contributed by atoms with Crippen LogP contribution in [0.1, 0.15) is 69.8 Å². The van der Waals surface area contributed by atoms with Gasteiger partial charge in [0.25, 0.3) is 0 Å². The van der Waals surface area contributed by atoms with Gasteiger partial charge in [-0.1, -0.05) is 25.7 Å². The Bertz CT molecular complexity index is 661. The van der Waals surface area contributed by atoms with E-state index in [4.69, 9.17) is 0 Å². The lowest BCUT2D eigenvalue weighted by Gasteiger charge is -2.43. The first kappa shape index (κ1) is 27.4. The minimum Gasteiger partial charge on any atom is -0.342 e. The zero-order chi connectivity index (χ0) is 20.8. The van der Waals surface area contributed by atoms with E-state index in [1.54, 1.807) is 0 Å². The molecule has 2 saturated heterocycles. The molecular formula is C25H42Cl2N4O. The Balaban J connectivity index is 0.00000181. The van der Waals surface area contributed by atoms with E-state index in [1.807, 2.05) is 12.4 Å². The lowest BCUT2D eigenvalue weighted by Crippen LogP contribution is -2.51. The van der Waals surface area contributed by atoms with E-state index in [0.717, 1.165) is 32.6 Å². The normalized spacial score (nSPS) is 24.1. The van der Waals surface area contributed by atoms with Gasteiger partial charge >= 0.3 is 0 Å². The first-order valence-corrected chi connectivity index (χ1v) is 12.3. The molecule has 32 heavy (non-hydrogen) atoms. The Morgan fingerprint density at radius 1 is 0.938 bits per heavy atom. The lowest BCUT2D eigenvalue weighted by molar-refractivity contribution is -0.139. The number of carbonyl (C=O) groups is 1. The van der Waals surface area contributed by atoms with Crippen LogP contribution < -0.4 is 0 Å². The summed E-state index contributed by atoms with van der Waals surface area (Å²) >= 11 is 0. The first-order valence-electron chi connectivity index (χ1n) is 12.3. The molecule has 0 bridgehead atoms. The molecule has 5 nitrogen and oxygen atoms in total. The van der Waals surface area contributed by atoms with E-state index >= 15 is 0 Å². The second-order valence-electron chi connectivity index (χ2n) is 9.79. The predicted octanol–water partition coefficient (Wildman–Crippen LogP) is 4.78. The molecule has 1 amide bonds. The molecule has 2 aliphatic heterocycles. The highest BCUT2D eigenvalue weighted by molar-refractivity contribution is 5.85. The van der Waals surface area contributed by atoms with Crippen molar-refractivity contribution < 1.29 is 4.79 Å². The van der Waals surface area contributed by atoms with Crippen molar-refractivity contribution >= 4 is 30.7 Å². The van der Waals surface area contributed by atoms with Crippen LogP contribution in [0.4, 0.5) is 0 Å². The highest BCUT2D eigenvalue weighted by Crippen LogP contribution is 2.28. The molecule has 0 aromatic carbocycles. The summed E-state index contributed by atoms with van der Waals surface area (Å²) in [6.07, 6.45) is 16.1. The Hall–Kier alpha value is -0.880. The monoisotopic (exact) mass is 484 g/mol. The molecule has 7 heteroatoms. The van der Waals surface area contributed by atoms with Crippen LogP contribution in [0.5, 0.6) is 0 Å². The van der Waals surface area contributed by atoms with Gasteiger partial charge in [0.2, 0.25) is 5.91 Å². The molecule has 4 rings (SSSR count). The maximum absolute atomic E-state index is 13.3. The topological polar surface area (TPSA) is 39.7 Å². The summed E-state index contributed by atoms with van der Waals surface area (Å²) in [4.78, 5) is 24.8. The highest BCUT2D eigenvalue weighted by Gasteiger charge is 2.34. The molecule has 1 aromatic heterocycles. The van der Waals surface area contributed by atoms with Crippen LogP contribution in [0.25, 0.3) is 0 Å². The molecule has 0 spiro atoms. The largest absolute Gasteiger partial charge is 0.342 e. The number of piperidine rings is 2. The third kappa shape index (κ3) is 7.31. The van der Waals surface area contributed by atoms with Crippen LogP contribution in [-0.2, 0) is 11.3 Å². The van der Waals surface area contributed by atoms with Crippen LogP contribution >= 0.6 is 24.8 Å². The van der Waals surface area contributed by atoms with E-state index in [-0.39, 0.29) is 30.7 Å². The molecule has 1 aliphatic carbocycles. The average molecular weight is 486 g/mol. The molecule has 1 unspecified atom stereocenters. The van der Waals surface area contributed by atoms with Gasteiger partial charge in [-0.25, -0.2) is 0 Å². The molecule has 0 N–H and O–H groups in total. The molecule has 1 atom stereocenters. The van der Waals surface area contributed by atoms with Gasteiger partial charge in [0, 0.05) is 44.6 Å². The van der Waals surface area contributed by atoms with E-state index in [0.29, 0.717) is 18.0 Å². The van der Waals surface area contributed by atoms with Crippen LogP contribution in [-0.4, -0.2) is 70.9 Å². The third-order valence-electron chi connectivity index (χ3n) is 7.75. The van der Waals surface area contributed by atoms with Crippen molar-refractivity contribution in [1.82, 2.24) is 19.7 Å².